The Bertz CT molecular complexity index is 1260. The van der Waals surface area contributed by atoms with Crippen molar-refractivity contribution in [2.24, 2.45) is 0 Å². The molecule has 0 saturated heterocycles. The number of amides is 1. The van der Waals surface area contributed by atoms with Crippen LogP contribution >= 0.6 is 0 Å². The van der Waals surface area contributed by atoms with Gasteiger partial charge >= 0.3 is 16.0 Å². The van der Waals surface area contributed by atoms with Crippen LogP contribution in [0.1, 0.15) is 18.3 Å². The number of hydrogen-bond acceptors (Lipinski definition) is 5. The number of halogens is 1. The number of nitrogens with one attached hydrogen (secondary N) is 4. The van der Waals surface area contributed by atoms with E-state index in [0.717, 1.165) is 0 Å². The molecule has 11 heteroatoms. The average molecular weight is 458 g/mol. The van der Waals surface area contributed by atoms with Crippen molar-refractivity contribution in [3.63, 3.8) is 0 Å². The molecule has 9 nitrogen and oxygen atoms in total. The summed E-state index contributed by atoms with van der Waals surface area (Å²) < 4.78 is 42.4. The molecule has 4 N–H and O–H groups in total. The molecule has 1 heterocycles. The van der Waals surface area contributed by atoms with Gasteiger partial charge in [-0.2, -0.15) is 12.8 Å². The maximum atomic E-state index is 14.2. The third kappa shape index (κ3) is 6.08. The molecule has 2 aromatic carbocycles. The summed E-state index contributed by atoms with van der Waals surface area (Å²) in [6, 6.07) is 13.2. The van der Waals surface area contributed by atoms with E-state index in [1.54, 1.807) is 26.0 Å². The van der Waals surface area contributed by atoms with Gasteiger partial charge in [0, 0.05) is 24.0 Å². The van der Waals surface area contributed by atoms with Crippen LogP contribution in [0.25, 0.3) is 0 Å². The monoisotopic (exact) mass is 457 g/mol. The maximum Gasteiger partial charge on any atom is 0.371 e. The summed E-state index contributed by atoms with van der Waals surface area (Å²) in [5.74, 6) is -0.885. The van der Waals surface area contributed by atoms with E-state index in [-0.39, 0.29) is 28.4 Å². The van der Waals surface area contributed by atoms with Crippen molar-refractivity contribution in [1.29, 1.82) is 0 Å². The van der Waals surface area contributed by atoms with E-state index in [9.17, 15) is 17.6 Å². The lowest BCUT2D eigenvalue weighted by Gasteiger charge is -2.08. The molecule has 3 aromatic rings. The number of nitrogens with zero attached hydrogens (tertiary/aromatic N) is 2. The minimum absolute atomic E-state index is 0.0445. The van der Waals surface area contributed by atoms with Crippen LogP contribution < -0.4 is 20.3 Å². The molecule has 0 aliphatic heterocycles. The number of carbonyl (C=O) groups excluding carboxylic acids is 1. The summed E-state index contributed by atoms with van der Waals surface area (Å²) in [5, 5.41) is 8.03. The molecule has 32 heavy (non-hydrogen) atoms. The van der Waals surface area contributed by atoms with E-state index in [2.05, 4.69) is 30.3 Å². The Morgan fingerprint density at radius 1 is 0.938 bits per heavy atom. The molecule has 0 saturated carbocycles. The Labute approximate surface area is 184 Å². The van der Waals surface area contributed by atoms with Crippen LogP contribution in [-0.4, -0.2) is 30.3 Å². The number of hydrogen-bond donors (Lipinski definition) is 4. The molecule has 0 unspecified atom stereocenters. The molecule has 0 spiro atoms. The highest BCUT2D eigenvalue weighted by atomic mass is 32.2. The largest absolute Gasteiger partial charge is 0.371 e. The van der Waals surface area contributed by atoms with Gasteiger partial charge in [0.1, 0.15) is 10.6 Å². The quantitative estimate of drug-likeness (QED) is 0.338. The molecule has 0 aliphatic rings. The summed E-state index contributed by atoms with van der Waals surface area (Å²) in [6.45, 7) is 4.89. The minimum atomic E-state index is -4.08. The Morgan fingerprint density at radius 3 is 2.16 bits per heavy atom. The van der Waals surface area contributed by atoms with Crippen molar-refractivity contribution in [1.82, 2.24) is 9.97 Å². The van der Waals surface area contributed by atoms with Crippen molar-refractivity contribution in [2.45, 2.75) is 25.7 Å². The molecule has 1 amide bonds. The average Bonchev–Trinajstić information content (AvgIpc) is 2.68. The molecule has 0 fully saturated rings. The number of carbonyl (C=O) groups is 1. The summed E-state index contributed by atoms with van der Waals surface area (Å²) in [4.78, 5) is 19.5. The van der Waals surface area contributed by atoms with Gasteiger partial charge in [0.2, 0.25) is 5.91 Å². The SMILES string of the molecule is CC(=O)Nc1ccc(S(=O)(=O)[NH+]=C(Nc2nc(C)cc(C)n2)Nc2ccccc2F)cc1. The van der Waals surface area contributed by atoms with Gasteiger partial charge in [0.05, 0.1) is 0 Å². The number of benzene rings is 2. The van der Waals surface area contributed by atoms with Crippen LogP contribution in [0.2, 0.25) is 0 Å². The standard InChI is InChI=1S/C21H21FN6O3S/c1-13-12-14(2)24-20(23-13)27-21(26-19-7-5-4-6-18(19)22)28-32(30,31)17-10-8-16(9-11-17)25-15(3)29/h4-12H,1-3H3,(H,25,29)(H2,23,24,26,27,28)/p+1. The Kier molecular flexibility index (Phi) is 6.79. The van der Waals surface area contributed by atoms with E-state index >= 15 is 0 Å². The van der Waals surface area contributed by atoms with Crippen LogP contribution in [0.4, 0.5) is 21.7 Å². The molecule has 0 radical (unpaired) electrons. The fourth-order valence-corrected chi connectivity index (χ4v) is 3.77. The number of rotatable bonds is 5. The van der Waals surface area contributed by atoms with Gasteiger partial charge in [-0.15, -0.1) is 0 Å². The number of guanidine groups is 1. The van der Waals surface area contributed by atoms with Crippen LogP contribution in [0, 0.1) is 19.7 Å². The van der Waals surface area contributed by atoms with Gasteiger partial charge in [-0.05, 0) is 56.3 Å². The number of aromatic nitrogens is 2. The summed E-state index contributed by atoms with van der Waals surface area (Å²) in [7, 11) is -4.08. The number of sulfonamides is 1. The van der Waals surface area contributed by atoms with Gasteiger partial charge in [-0.3, -0.25) is 4.79 Å². The van der Waals surface area contributed by atoms with Gasteiger partial charge in [-0.1, -0.05) is 12.1 Å². The highest BCUT2D eigenvalue weighted by molar-refractivity contribution is 7.84. The lowest BCUT2D eigenvalue weighted by Crippen LogP contribution is -2.79. The normalized spacial score (nSPS) is 11.7. The van der Waals surface area contributed by atoms with E-state index < -0.39 is 15.8 Å². The molecule has 3 rings (SSSR count). The van der Waals surface area contributed by atoms with Crippen LogP contribution in [0.15, 0.2) is 59.5 Å². The first-order chi connectivity index (χ1) is 15.1. The predicted octanol–water partition coefficient (Wildman–Crippen LogP) is 1.54. The fraction of sp³-hybridized carbons (Fsp3) is 0.143. The molecular formula is C21H22FN6O3S+. The molecule has 0 atom stereocenters. The smallest absolute Gasteiger partial charge is 0.326 e. The second-order valence-electron chi connectivity index (χ2n) is 6.89. The van der Waals surface area contributed by atoms with E-state index in [0.29, 0.717) is 17.1 Å². The minimum Gasteiger partial charge on any atom is -0.326 e. The van der Waals surface area contributed by atoms with Crippen molar-refractivity contribution in [3.8, 4) is 0 Å². The lowest BCUT2D eigenvalue weighted by atomic mass is 10.3. The second-order valence-corrected chi connectivity index (χ2v) is 8.57. The van der Waals surface area contributed by atoms with Crippen LogP contribution in [0.5, 0.6) is 0 Å². The number of para-hydroxylation sites is 1. The fourth-order valence-electron chi connectivity index (χ4n) is 2.79. The Balaban J connectivity index is 1.98. The van der Waals surface area contributed by atoms with Crippen LogP contribution in [0.3, 0.4) is 0 Å². The van der Waals surface area contributed by atoms with Crippen molar-refractivity contribution in [2.75, 3.05) is 16.0 Å². The van der Waals surface area contributed by atoms with Crippen molar-refractivity contribution < 1.29 is 22.0 Å². The molecule has 0 bridgehead atoms. The predicted molar refractivity (Wildman–Crippen MR) is 119 cm³/mol. The summed E-state index contributed by atoms with van der Waals surface area (Å²) in [6.07, 6.45) is 0. The van der Waals surface area contributed by atoms with E-state index in [1.165, 1.54) is 49.4 Å². The highest BCUT2D eigenvalue weighted by Crippen LogP contribution is 2.14. The first kappa shape index (κ1) is 22.8. The van der Waals surface area contributed by atoms with Gasteiger partial charge in [0.15, 0.2) is 5.82 Å². The van der Waals surface area contributed by atoms with Gasteiger partial charge in [-0.25, -0.2) is 25.0 Å². The molecule has 0 aliphatic carbocycles. The maximum absolute atomic E-state index is 14.2. The van der Waals surface area contributed by atoms with Gasteiger partial charge in [0.25, 0.3) is 5.95 Å². The third-order valence-corrected chi connectivity index (χ3v) is 5.44. The van der Waals surface area contributed by atoms with Crippen molar-refractivity contribution in [3.05, 3.63) is 71.8 Å². The van der Waals surface area contributed by atoms with Crippen molar-refractivity contribution >= 4 is 39.2 Å². The second kappa shape index (κ2) is 9.52. The molecular weight excluding hydrogens is 435 g/mol. The van der Waals surface area contributed by atoms with E-state index in [4.69, 9.17) is 0 Å². The Hall–Kier alpha value is -3.86. The zero-order valence-corrected chi connectivity index (χ0v) is 18.4. The number of anilines is 3. The lowest BCUT2D eigenvalue weighted by molar-refractivity contribution is -0.267. The summed E-state index contributed by atoms with van der Waals surface area (Å²) >= 11 is 0. The Morgan fingerprint density at radius 2 is 1.56 bits per heavy atom. The van der Waals surface area contributed by atoms with Gasteiger partial charge < -0.3 is 5.32 Å². The number of aryl methyl sites for hydroxylation is 2. The zero-order valence-electron chi connectivity index (χ0n) is 17.6. The first-order valence-electron chi connectivity index (χ1n) is 9.51. The van der Waals surface area contributed by atoms with Crippen LogP contribution in [-0.2, 0) is 14.8 Å². The molecule has 166 valence electrons. The highest BCUT2D eigenvalue weighted by Gasteiger charge is 2.21. The first-order valence-corrected chi connectivity index (χ1v) is 11.0. The third-order valence-electron chi connectivity index (χ3n) is 4.07. The summed E-state index contributed by atoms with van der Waals surface area (Å²) in [5.41, 5.74) is 1.83. The molecule has 1 aromatic heterocycles. The topological polar surface area (TPSA) is 127 Å². The zero-order chi connectivity index (χ0) is 23.3. The van der Waals surface area contributed by atoms with E-state index in [1.807, 2.05) is 0 Å².